The molecule has 0 aromatic carbocycles. The predicted octanol–water partition coefficient (Wildman–Crippen LogP) is -0.0973. The van der Waals surface area contributed by atoms with E-state index in [1.165, 1.54) is 10.5 Å². The molecule has 0 saturated carbocycles. The molecule has 1 aliphatic rings. The number of nitrogen functional groups attached to an aromatic ring is 1. The van der Waals surface area contributed by atoms with E-state index in [2.05, 4.69) is 10.4 Å². The van der Waals surface area contributed by atoms with Crippen molar-refractivity contribution in [3.8, 4) is 0 Å². The van der Waals surface area contributed by atoms with Crippen molar-refractivity contribution in [1.29, 1.82) is 0 Å². The number of sulfonamides is 1. The highest BCUT2D eigenvalue weighted by atomic mass is 32.2. The Morgan fingerprint density at radius 2 is 2.11 bits per heavy atom. The number of hydrogen-bond donors (Lipinski definition) is 3. The topological polar surface area (TPSA) is 109 Å². The molecule has 8 heteroatoms. The Kier molecular flexibility index (Phi) is 3.77. The van der Waals surface area contributed by atoms with Crippen LogP contribution >= 0.6 is 0 Å². The molecule has 0 spiro atoms. The summed E-state index contributed by atoms with van der Waals surface area (Å²) in [6.45, 7) is 2.26. The number of pyridine rings is 1. The van der Waals surface area contributed by atoms with Gasteiger partial charge >= 0.3 is 0 Å². The number of nitrogens with two attached hydrogens (primary N) is 1. The third kappa shape index (κ3) is 2.86. The number of hydrogen-bond acceptors (Lipinski definition) is 6. The van der Waals surface area contributed by atoms with Crippen LogP contribution in [-0.2, 0) is 10.0 Å². The van der Waals surface area contributed by atoms with Gasteiger partial charge < -0.3 is 10.5 Å². The summed E-state index contributed by atoms with van der Waals surface area (Å²) in [6.07, 6.45) is 2.22. The Bertz CT molecular complexity index is 549. The number of hydrazine groups is 1. The van der Waals surface area contributed by atoms with Gasteiger partial charge in [0.2, 0.25) is 0 Å². The summed E-state index contributed by atoms with van der Waals surface area (Å²) in [5.74, 6) is 5.31. The lowest BCUT2D eigenvalue weighted by Gasteiger charge is -2.34. The molecule has 1 fully saturated rings. The van der Waals surface area contributed by atoms with Gasteiger partial charge in [0.15, 0.2) is 5.03 Å². The zero-order valence-electron chi connectivity index (χ0n) is 10.7. The molecule has 0 atom stereocenters. The van der Waals surface area contributed by atoms with Crippen LogP contribution in [0.15, 0.2) is 23.4 Å². The Morgan fingerprint density at radius 3 is 2.68 bits per heavy atom. The third-order valence-electron chi connectivity index (χ3n) is 3.31. The number of rotatable bonds is 3. The fourth-order valence-electron chi connectivity index (χ4n) is 2.04. The van der Waals surface area contributed by atoms with Crippen LogP contribution in [0.25, 0.3) is 0 Å². The SMILES string of the molecule is CC1(O)CCN(S(=O)(=O)c2ncccc2NN)CC1. The fourth-order valence-corrected chi connectivity index (χ4v) is 3.54. The van der Waals surface area contributed by atoms with Crippen LogP contribution < -0.4 is 11.3 Å². The molecule has 1 aromatic heterocycles. The Labute approximate surface area is 112 Å². The lowest BCUT2D eigenvalue weighted by atomic mass is 9.95. The monoisotopic (exact) mass is 286 g/mol. The van der Waals surface area contributed by atoms with Gasteiger partial charge in [0.1, 0.15) is 0 Å². The molecule has 1 aromatic rings. The van der Waals surface area contributed by atoms with E-state index in [1.54, 1.807) is 19.1 Å². The highest BCUT2D eigenvalue weighted by Crippen LogP contribution is 2.27. The minimum absolute atomic E-state index is 0.0842. The summed E-state index contributed by atoms with van der Waals surface area (Å²) in [4.78, 5) is 3.90. The van der Waals surface area contributed by atoms with Crippen LogP contribution in [0.2, 0.25) is 0 Å². The Morgan fingerprint density at radius 1 is 1.47 bits per heavy atom. The van der Waals surface area contributed by atoms with E-state index >= 15 is 0 Å². The van der Waals surface area contributed by atoms with E-state index in [4.69, 9.17) is 5.84 Å². The van der Waals surface area contributed by atoms with E-state index in [0.29, 0.717) is 12.8 Å². The highest BCUT2D eigenvalue weighted by Gasteiger charge is 2.35. The molecule has 1 saturated heterocycles. The summed E-state index contributed by atoms with van der Waals surface area (Å²) in [6, 6.07) is 3.16. The Hall–Kier alpha value is -1.22. The van der Waals surface area contributed by atoms with Crippen LogP contribution in [0.1, 0.15) is 19.8 Å². The van der Waals surface area contributed by atoms with Gasteiger partial charge in [-0.3, -0.25) is 5.84 Å². The predicted molar refractivity (Wildman–Crippen MR) is 70.7 cm³/mol. The van der Waals surface area contributed by atoms with E-state index in [1.807, 2.05) is 0 Å². The molecule has 0 bridgehead atoms. The van der Waals surface area contributed by atoms with Gasteiger partial charge in [-0.25, -0.2) is 13.4 Å². The van der Waals surface area contributed by atoms with Crippen molar-refractivity contribution in [3.63, 3.8) is 0 Å². The molecule has 106 valence electrons. The average molecular weight is 286 g/mol. The number of aliphatic hydroxyl groups is 1. The first-order valence-electron chi connectivity index (χ1n) is 6.01. The molecular formula is C11H18N4O3S. The molecule has 2 heterocycles. The molecular weight excluding hydrogens is 268 g/mol. The molecule has 2 rings (SSSR count). The first kappa shape index (κ1) is 14.2. The Balaban J connectivity index is 2.28. The molecule has 4 N–H and O–H groups in total. The minimum atomic E-state index is -3.69. The number of nitrogens with one attached hydrogen (secondary N) is 1. The number of nitrogens with zero attached hydrogens (tertiary/aromatic N) is 2. The first-order chi connectivity index (χ1) is 8.87. The van der Waals surface area contributed by atoms with Gasteiger partial charge in [0, 0.05) is 19.3 Å². The largest absolute Gasteiger partial charge is 0.390 e. The highest BCUT2D eigenvalue weighted by molar-refractivity contribution is 7.89. The summed E-state index contributed by atoms with van der Waals surface area (Å²) in [5, 5.41) is 9.78. The van der Waals surface area contributed by atoms with E-state index in [-0.39, 0.29) is 23.8 Å². The van der Waals surface area contributed by atoms with Crippen molar-refractivity contribution < 1.29 is 13.5 Å². The third-order valence-corrected chi connectivity index (χ3v) is 5.17. The summed E-state index contributed by atoms with van der Waals surface area (Å²) < 4.78 is 26.3. The van der Waals surface area contributed by atoms with E-state index in [9.17, 15) is 13.5 Å². The molecule has 7 nitrogen and oxygen atoms in total. The van der Waals surface area contributed by atoms with Crippen LogP contribution in [0.4, 0.5) is 5.69 Å². The van der Waals surface area contributed by atoms with Crippen molar-refractivity contribution >= 4 is 15.7 Å². The van der Waals surface area contributed by atoms with Crippen LogP contribution in [0.3, 0.4) is 0 Å². The second kappa shape index (κ2) is 5.04. The smallest absolute Gasteiger partial charge is 0.262 e. The number of anilines is 1. The maximum absolute atomic E-state index is 12.5. The quantitative estimate of drug-likeness (QED) is 0.529. The number of piperidine rings is 1. The van der Waals surface area contributed by atoms with Gasteiger partial charge in [-0.2, -0.15) is 4.31 Å². The normalized spacial score (nSPS) is 20.2. The van der Waals surface area contributed by atoms with Crippen molar-refractivity contribution in [2.45, 2.75) is 30.4 Å². The summed E-state index contributed by atoms with van der Waals surface area (Å²) in [5.41, 5.74) is 1.80. The molecule has 0 amide bonds. The van der Waals surface area contributed by atoms with Gasteiger partial charge in [-0.1, -0.05) is 0 Å². The number of aromatic nitrogens is 1. The second-order valence-electron chi connectivity index (χ2n) is 4.90. The maximum Gasteiger partial charge on any atom is 0.262 e. The fraction of sp³-hybridized carbons (Fsp3) is 0.545. The van der Waals surface area contributed by atoms with Crippen LogP contribution in [0.5, 0.6) is 0 Å². The molecule has 0 radical (unpaired) electrons. The van der Waals surface area contributed by atoms with Gasteiger partial charge in [-0.15, -0.1) is 0 Å². The first-order valence-corrected chi connectivity index (χ1v) is 7.45. The maximum atomic E-state index is 12.5. The van der Waals surface area contributed by atoms with Gasteiger partial charge in [-0.05, 0) is 31.9 Å². The van der Waals surface area contributed by atoms with Crippen molar-refractivity contribution in [1.82, 2.24) is 9.29 Å². The molecule has 0 unspecified atom stereocenters. The lowest BCUT2D eigenvalue weighted by molar-refractivity contribution is 0.0125. The zero-order valence-corrected chi connectivity index (χ0v) is 11.5. The average Bonchev–Trinajstić information content (AvgIpc) is 2.38. The van der Waals surface area contributed by atoms with E-state index < -0.39 is 15.6 Å². The minimum Gasteiger partial charge on any atom is -0.390 e. The standard InChI is InChI=1S/C11H18N4O3S/c1-11(16)4-7-15(8-5-11)19(17,18)10-9(14-12)3-2-6-13-10/h2-3,6,14,16H,4-5,7-8,12H2,1H3. The second-order valence-corrected chi connectivity index (χ2v) is 6.75. The summed E-state index contributed by atoms with van der Waals surface area (Å²) >= 11 is 0. The van der Waals surface area contributed by atoms with E-state index in [0.717, 1.165) is 0 Å². The van der Waals surface area contributed by atoms with Crippen LogP contribution in [0, 0.1) is 0 Å². The van der Waals surface area contributed by atoms with Crippen molar-refractivity contribution in [2.75, 3.05) is 18.5 Å². The molecule has 1 aliphatic heterocycles. The van der Waals surface area contributed by atoms with Crippen molar-refractivity contribution in [2.24, 2.45) is 5.84 Å². The molecule has 19 heavy (non-hydrogen) atoms. The van der Waals surface area contributed by atoms with Gasteiger partial charge in [0.25, 0.3) is 10.0 Å². The lowest BCUT2D eigenvalue weighted by Crippen LogP contribution is -2.45. The zero-order chi connectivity index (χ0) is 14.1. The van der Waals surface area contributed by atoms with Crippen LogP contribution in [-0.4, -0.2) is 41.5 Å². The molecule has 0 aliphatic carbocycles. The van der Waals surface area contributed by atoms with Gasteiger partial charge in [0.05, 0.1) is 11.3 Å². The van der Waals surface area contributed by atoms with Crippen molar-refractivity contribution in [3.05, 3.63) is 18.3 Å². The summed E-state index contributed by atoms with van der Waals surface area (Å²) in [7, 11) is -3.69.